The van der Waals surface area contributed by atoms with Gasteiger partial charge in [-0.15, -0.1) is 0 Å². The normalized spacial score (nSPS) is 11.5. The first-order chi connectivity index (χ1) is 5.97. The first-order valence-corrected chi connectivity index (χ1v) is 4.71. The van der Waals surface area contributed by atoms with Gasteiger partial charge in [-0.1, -0.05) is 0 Å². The molecule has 13 heavy (non-hydrogen) atoms. The first kappa shape index (κ1) is 9.68. The van der Waals surface area contributed by atoms with E-state index in [1.54, 1.807) is 4.98 Å². The largest absolute Gasteiger partial charge is 0.325 e. The molecule has 1 aromatic heterocycles. The van der Waals surface area contributed by atoms with Gasteiger partial charge in [0.15, 0.2) is 4.90 Å². The molecule has 0 fully saturated rings. The topological polar surface area (TPSA) is 112 Å². The molecule has 0 radical (unpaired) electrons. The van der Waals surface area contributed by atoms with Crippen LogP contribution in [0, 0.1) is 0 Å². The quantitative estimate of drug-likeness (QED) is 0.517. The molecule has 0 amide bonds. The van der Waals surface area contributed by atoms with E-state index in [0.29, 0.717) is 0 Å². The Bertz CT molecular complexity index is 511. The Morgan fingerprint density at radius 2 is 2.00 bits per heavy atom. The predicted molar refractivity (Wildman–Crippen MR) is 43.9 cm³/mol. The molecule has 0 aliphatic heterocycles. The first-order valence-electron chi connectivity index (χ1n) is 3.23. The maximum atomic E-state index is 11.1. The summed E-state index contributed by atoms with van der Waals surface area (Å²) in [5, 5.41) is 0. The molecule has 7 nitrogen and oxygen atoms in total. The number of aromatic amines is 2. The van der Waals surface area contributed by atoms with Crippen LogP contribution >= 0.6 is 0 Å². The molecule has 0 unspecified atom stereocenters. The van der Waals surface area contributed by atoms with Crippen molar-refractivity contribution < 1.29 is 8.42 Å². The summed E-state index contributed by atoms with van der Waals surface area (Å²) in [6, 6.07) is 0. The number of aromatic nitrogens is 2. The predicted octanol–water partition coefficient (Wildman–Crippen LogP) is -2.03. The molecule has 0 aliphatic carbocycles. The summed E-state index contributed by atoms with van der Waals surface area (Å²) in [6.07, 6.45) is 0.840. The Morgan fingerprint density at radius 1 is 1.38 bits per heavy atom. The highest BCUT2D eigenvalue weighted by Gasteiger charge is 2.15. The standard InChI is InChI=1S/C5H7N3O4S/c1-6-13(11,12)3-2-7-5(10)8-4(3)9/h2,6H,1H3,(H2,7,8,9,10). The zero-order valence-corrected chi connectivity index (χ0v) is 7.44. The highest BCUT2D eigenvalue weighted by molar-refractivity contribution is 7.89. The number of H-pyrrole nitrogens is 2. The molecule has 72 valence electrons. The van der Waals surface area contributed by atoms with Gasteiger partial charge in [0, 0.05) is 6.20 Å². The lowest BCUT2D eigenvalue weighted by Crippen LogP contribution is -2.31. The summed E-state index contributed by atoms with van der Waals surface area (Å²) in [4.78, 5) is 24.8. The molecule has 1 aromatic rings. The fourth-order valence-corrected chi connectivity index (χ4v) is 1.44. The van der Waals surface area contributed by atoms with Crippen molar-refractivity contribution >= 4 is 10.0 Å². The van der Waals surface area contributed by atoms with Crippen molar-refractivity contribution in [3.05, 3.63) is 27.0 Å². The lowest BCUT2D eigenvalue weighted by molar-refractivity contribution is 0.586. The van der Waals surface area contributed by atoms with Gasteiger partial charge in [-0.25, -0.2) is 17.9 Å². The van der Waals surface area contributed by atoms with Crippen molar-refractivity contribution in [1.29, 1.82) is 0 Å². The minimum atomic E-state index is -3.81. The molecule has 0 aliphatic rings. The minimum absolute atomic E-state index is 0.519. The van der Waals surface area contributed by atoms with E-state index in [9.17, 15) is 18.0 Å². The van der Waals surface area contributed by atoms with Crippen molar-refractivity contribution in [3.8, 4) is 0 Å². The van der Waals surface area contributed by atoms with Gasteiger partial charge < -0.3 is 4.98 Å². The van der Waals surface area contributed by atoms with Gasteiger partial charge in [0.25, 0.3) is 5.56 Å². The van der Waals surface area contributed by atoms with E-state index in [2.05, 4.69) is 4.98 Å². The molecule has 0 spiro atoms. The lowest BCUT2D eigenvalue weighted by atomic mass is 10.7. The van der Waals surface area contributed by atoms with E-state index in [-0.39, 0.29) is 0 Å². The summed E-state index contributed by atoms with van der Waals surface area (Å²) in [5.74, 6) is 0. The van der Waals surface area contributed by atoms with E-state index in [1.165, 1.54) is 7.05 Å². The molecule has 3 N–H and O–H groups in total. The smallest absolute Gasteiger partial charge is 0.313 e. The maximum Gasteiger partial charge on any atom is 0.325 e. The van der Waals surface area contributed by atoms with Crippen molar-refractivity contribution in [1.82, 2.24) is 14.7 Å². The third-order valence-electron chi connectivity index (χ3n) is 1.34. The highest BCUT2D eigenvalue weighted by Crippen LogP contribution is 1.95. The monoisotopic (exact) mass is 205 g/mol. The summed E-state index contributed by atoms with van der Waals surface area (Å²) in [5.41, 5.74) is -1.70. The van der Waals surface area contributed by atoms with Gasteiger partial charge in [-0.05, 0) is 7.05 Å². The number of hydrogen-bond donors (Lipinski definition) is 3. The second kappa shape index (κ2) is 3.15. The zero-order chi connectivity index (χ0) is 10.1. The molecule has 0 atom stereocenters. The molecular formula is C5H7N3O4S. The van der Waals surface area contributed by atoms with Gasteiger partial charge in [-0.3, -0.25) is 9.78 Å². The van der Waals surface area contributed by atoms with E-state index in [0.717, 1.165) is 6.20 Å². The van der Waals surface area contributed by atoms with Crippen LogP contribution in [0.5, 0.6) is 0 Å². The lowest BCUT2D eigenvalue weighted by Gasteiger charge is -1.98. The van der Waals surface area contributed by atoms with Crippen LogP contribution in [0.4, 0.5) is 0 Å². The Kier molecular flexibility index (Phi) is 2.34. The van der Waals surface area contributed by atoms with Crippen LogP contribution in [0.25, 0.3) is 0 Å². The second-order valence-electron chi connectivity index (χ2n) is 2.14. The Labute approximate surface area is 72.9 Å². The third kappa shape index (κ3) is 1.84. The average Bonchev–Trinajstić information content (AvgIpc) is 2.03. The van der Waals surface area contributed by atoms with Crippen LogP contribution in [-0.4, -0.2) is 25.4 Å². The van der Waals surface area contributed by atoms with Gasteiger partial charge in [-0.2, -0.15) is 0 Å². The van der Waals surface area contributed by atoms with Gasteiger partial charge in [0.2, 0.25) is 10.0 Å². The van der Waals surface area contributed by atoms with Crippen LogP contribution < -0.4 is 16.0 Å². The second-order valence-corrected chi connectivity index (χ2v) is 4.00. The molecule has 0 saturated heterocycles. The summed E-state index contributed by atoms with van der Waals surface area (Å²) >= 11 is 0. The van der Waals surface area contributed by atoms with E-state index >= 15 is 0 Å². The van der Waals surface area contributed by atoms with E-state index < -0.39 is 26.2 Å². The molecule has 0 aromatic carbocycles. The summed E-state index contributed by atoms with van der Waals surface area (Å²) in [6.45, 7) is 0. The average molecular weight is 205 g/mol. The SMILES string of the molecule is CNS(=O)(=O)c1c[nH]c(=O)[nH]c1=O. The van der Waals surface area contributed by atoms with Gasteiger partial charge in [0.1, 0.15) is 0 Å². The molecule has 8 heteroatoms. The molecule has 1 rings (SSSR count). The van der Waals surface area contributed by atoms with Gasteiger partial charge >= 0.3 is 5.69 Å². The summed E-state index contributed by atoms with van der Waals surface area (Å²) < 4.78 is 24.1. The molecule has 0 saturated carbocycles. The molecule has 1 heterocycles. The van der Waals surface area contributed by atoms with Crippen LogP contribution in [0.2, 0.25) is 0 Å². The fraction of sp³-hybridized carbons (Fsp3) is 0.200. The number of sulfonamides is 1. The van der Waals surface area contributed by atoms with Crippen molar-refractivity contribution in [2.45, 2.75) is 4.90 Å². The van der Waals surface area contributed by atoms with Crippen molar-refractivity contribution in [3.63, 3.8) is 0 Å². The van der Waals surface area contributed by atoms with Crippen LogP contribution in [0.15, 0.2) is 20.7 Å². The number of rotatable bonds is 2. The van der Waals surface area contributed by atoms with Gasteiger partial charge in [0.05, 0.1) is 0 Å². The number of nitrogens with one attached hydrogen (secondary N) is 3. The van der Waals surface area contributed by atoms with E-state index in [1.807, 2.05) is 4.72 Å². The zero-order valence-electron chi connectivity index (χ0n) is 6.62. The number of hydrogen-bond acceptors (Lipinski definition) is 4. The Hall–Kier alpha value is -1.41. The molecular weight excluding hydrogens is 198 g/mol. The Balaban J connectivity index is 3.51. The van der Waals surface area contributed by atoms with Crippen LogP contribution in [0.3, 0.4) is 0 Å². The van der Waals surface area contributed by atoms with Crippen LogP contribution in [-0.2, 0) is 10.0 Å². The summed E-state index contributed by atoms with van der Waals surface area (Å²) in [7, 11) is -2.64. The third-order valence-corrected chi connectivity index (χ3v) is 2.76. The Morgan fingerprint density at radius 3 is 2.46 bits per heavy atom. The fourth-order valence-electron chi connectivity index (χ4n) is 0.707. The van der Waals surface area contributed by atoms with Crippen molar-refractivity contribution in [2.75, 3.05) is 7.05 Å². The molecule has 0 bridgehead atoms. The van der Waals surface area contributed by atoms with E-state index in [4.69, 9.17) is 0 Å². The maximum absolute atomic E-state index is 11.1. The minimum Gasteiger partial charge on any atom is -0.313 e. The van der Waals surface area contributed by atoms with Crippen molar-refractivity contribution in [2.24, 2.45) is 0 Å². The van der Waals surface area contributed by atoms with Crippen LogP contribution in [0.1, 0.15) is 0 Å². The highest BCUT2D eigenvalue weighted by atomic mass is 32.2.